The van der Waals surface area contributed by atoms with Gasteiger partial charge in [0.1, 0.15) is 0 Å². The standard InChI is InChI=1S/C5H8O4.C2H6.W/c1-9-5(8)3-2-4(6)7;1-2;/h2-3H2,1H3,(H,6,7);1-2H3;. The van der Waals surface area contributed by atoms with E-state index in [2.05, 4.69) is 4.74 Å². The number of carboxylic acids is 1. The number of carboxylic acid groups (broad SMARTS) is 1. The minimum Gasteiger partial charge on any atom is -0.481 e. The number of esters is 1. The van der Waals surface area contributed by atoms with Crippen LogP contribution in [0.5, 0.6) is 0 Å². The van der Waals surface area contributed by atoms with Crippen molar-refractivity contribution in [2.75, 3.05) is 7.11 Å². The number of rotatable bonds is 3. The van der Waals surface area contributed by atoms with Crippen molar-refractivity contribution in [2.24, 2.45) is 0 Å². The van der Waals surface area contributed by atoms with E-state index < -0.39 is 11.9 Å². The Bertz CT molecular complexity index is 125. The van der Waals surface area contributed by atoms with Gasteiger partial charge in [-0.05, 0) is 0 Å². The molecule has 0 aromatic carbocycles. The maximum absolute atomic E-state index is 10.2. The molecule has 0 bridgehead atoms. The second kappa shape index (κ2) is 13.2. The van der Waals surface area contributed by atoms with Crippen LogP contribution in [0.2, 0.25) is 0 Å². The summed E-state index contributed by atoms with van der Waals surface area (Å²) < 4.78 is 4.20. The largest absolute Gasteiger partial charge is 0.481 e. The van der Waals surface area contributed by atoms with Crippen molar-refractivity contribution in [3.8, 4) is 0 Å². The van der Waals surface area contributed by atoms with E-state index >= 15 is 0 Å². The minimum absolute atomic E-state index is 0. The summed E-state index contributed by atoms with van der Waals surface area (Å²) in [5.41, 5.74) is 0. The maximum Gasteiger partial charge on any atom is 0.306 e. The van der Waals surface area contributed by atoms with Crippen LogP contribution in [0.15, 0.2) is 0 Å². The Balaban J connectivity index is -0.000000249. The molecule has 72 valence electrons. The van der Waals surface area contributed by atoms with Crippen LogP contribution >= 0.6 is 0 Å². The first kappa shape index (κ1) is 17.6. The molecule has 0 aromatic rings. The van der Waals surface area contributed by atoms with E-state index in [0.29, 0.717) is 0 Å². The van der Waals surface area contributed by atoms with E-state index in [4.69, 9.17) is 5.11 Å². The topological polar surface area (TPSA) is 63.6 Å². The number of hydrogen-bond donors (Lipinski definition) is 1. The van der Waals surface area contributed by atoms with E-state index in [1.54, 1.807) is 0 Å². The average Bonchev–Trinajstić information content (AvgIpc) is 2.04. The first-order chi connectivity index (χ1) is 5.16. The van der Waals surface area contributed by atoms with Gasteiger partial charge in [0, 0.05) is 21.1 Å². The van der Waals surface area contributed by atoms with Crippen molar-refractivity contribution in [3.63, 3.8) is 0 Å². The van der Waals surface area contributed by atoms with Crippen molar-refractivity contribution in [2.45, 2.75) is 26.7 Å². The zero-order chi connectivity index (χ0) is 9.28. The summed E-state index contributed by atoms with van der Waals surface area (Å²) in [6.45, 7) is 4.00. The van der Waals surface area contributed by atoms with Gasteiger partial charge < -0.3 is 9.84 Å². The molecule has 0 spiro atoms. The first-order valence-electron chi connectivity index (χ1n) is 3.45. The zero-order valence-corrected chi connectivity index (χ0v) is 10.4. The van der Waals surface area contributed by atoms with Crippen molar-refractivity contribution < 1.29 is 40.5 Å². The predicted octanol–water partition coefficient (Wildman–Crippen LogP) is 1.05. The zero-order valence-electron chi connectivity index (χ0n) is 7.49. The van der Waals surface area contributed by atoms with Crippen LogP contribution in [0, 0.1) is 0 Å². The van der Waals surface area contributed by atoms with E-state index in [1.807, 2.05) is 13.8 Å². The molecule has 1 N–H and O–H groups in total. The Kier molecular flexibility index (Phi) is 19.5. The molecule has 0 heterocycles. The van der Waals surface area contributed by atoms with Crippen LogP contribution < -0.4 is 0 Å². The van der Waals surface area contributed by atoms with E-state index in [9.17, 15) is 9.59 Å². The molecule has 0 unspecified atom stereocenters. The summed E-state index contributed by atoms with van der Waals surface area (Å²) >= 11 is 0. The summed E-state index contributed by atoms with van der Waals surface area (Å²) in [7, 11) is 1.23. The van der Waals surface area contributed by atoms with Crippen LogP contribution in [0.1, 0.15) is 26.7 Å². The number of hydrogen-bond acceptors (Lipinski definition) is 3. The minimum atomic E-state index is -0.986. The Labute approximate surface area is 86.6 Å². The third-order valence-corrected chi connectivity index (χ3v) is 0.771. The van der Waals surface area contributed by atoms with E-state index in [-0.39, 0.29) is 33.9 Å². The quantitative estimate of drug-likeness (QED) is 0.776. The molecule has 0 aromatic heterocycles. The normalized spacial score (nSPS) is 6.92. The fraction of sp³-hybridized carbons (Fsp3) is 0.714. The molecule has 12 heavy (non-hydrogen) atoms. The second-order valence-corrected chi connectivity index (χ2v) is 1.47. The van der Waals surface area contributed by atoms with Crippen LogP contribution in [-0.4, -0.2) is 24.2 Å². The molecule has 5 heteroatoms. The molecular weight excluding hydrogens is 332 g/mol. The number of ether oxygens (including phenoxy) is 1. The summed E-state index contributed by atoms with van der Waals surface area (Å²) in [4.78, 5) is 20.0. The first-order valence-corrected chi connectivity index (χ1v) is 3.45. The SMILES string of the molecule is CC.COC(=O)CCC(=O)O.[W]. The number of aliphatic carboxylic acids is 1. The Morgan fingerprint density at radius 3 is 1.92 bits per heavy atom. The van der Waals surface area contributed by atoms with Gasteiger partial charge in [-0.2, -0.15) is 0 Å². The van der Waals surface area contributed by atoms with Crippen molar-refractivity contribution in [1.82, 2.24) is 0 Å². The van der Waals surface area contributed by atoms with Crippen molar-refractivity contribution >= 4 is 11.9 Å². The molecule has 0 aliphatic heterocycles. The molecule has 4 nitrogen and oxygen atoms in total. The fourth-order valence-corrected chi connectivity index (χ4v) is 0.311. The molecule has 0 rings (SSSR count). The van der Waals surface area contributed by atoms with Gasteiger partial charge in [-0.25, -0.2) is 0 Å². The van der Waals surface area contributed by atoms with Crippen LogP contribution in [0.4, 0.5) is 0 Å². The van der Waals surface area contributed by atoms with Crippen molar-refractivity contribution in [1.29, 1.82) is 0 Å². The van der Waals surface area contributed by atoms with Gasteiger partial charge >= 0.3 is 11.9 Å². The van der Waals surface area contributed by atoms with Crippen LogP contribution in [-0.2, 0) is 35.4 Å². The Morgan fingerprint density at radius 2 is 1.67 bits per heavy atom. The molecular formula is C7H14O4W. The third-order valence-electron chi connectivity index (χ3n) is 0.771. The number of carbonyl (C=O) groups excluding carboxylic acids is 1. The van der Waals surface area contributed by atoms with Crippen LogP contribution in [0.25, 0.3) is 0 Å². The summed E-state index contributed by atoms with van der Waals surface area (Å²) in [5.74, 6) is -1.47. The van der Waals surface area contributed by atoms with E-state index in [0.717, 1.165) is 0 Å². The molecule has 0 fully saturated rings. The summed E-state index contributed by atoms with van der Waals surface area (Å²) in [6, 6.07) is 0. The molecule has 0 atom stereocenters. The van der Waals surface area contributed by atoms with Gasteiger partial charge in [0.25, 0.3) is 0 Å². The van der Waals surface area contributed by atoms with Crippen LogP contribution in [0.3, 0.4) is 0 Å². The van der Waals surface area contributed by atoms with Crippen molar-refractivity contribution in [3.05, 3.63) is 0 Å². The van der Waals surface area contributed by atoms with Gasteiger partial charge in [0.05, 0.1) is 20.0 Å². The number of carbonyl (C=O) groups is 2. The molecule has 0 saturated carbocycles. The Morgan fingerprint density at radius 1 is 1.25 bits per heavy atom. The van der Waals surface area contributed by atoms with Gasteiger partial charge in [-0.1, -0.05) is 13.8 Å². The maximum atomic E-state index is 10.2. The smallest absolute Gasteiger partial charge is 0.306 e. The fourth-order valence-electron chi connectivity index (χ4n) is 0.311. The summed E-state index contributed by atoms with van der Waals surface area (Å²) in [6.07, 6.45) is -0.210. The molecule has 0 saturated heterocycles. The van der Waals surface area contributed by atoms with E-state index in [1.165, 1.54) is 7.11 Å². The average molecular weight is 346 g/mol. The summed E-state index contributed by atoms with van der Waals surface area (Å²) in [5, 5.41) is 8.05. The molecule has 0 aliphatic rings. The van der Waals surface area contributed by atoms with Gasteiger partial charge in [-0.3, -0.25) is 9.59 Å². The second-order valence-electron chi connectivity index (χ2n) is 1.47. The number of methoxy groups -OCH3 is 1. The van der Waals surface area contributed by atoms with Gasteiger partial charge in [-0.15, -0.1) is 0 Å². The molecule has 0 aliphatic carbocycles. The Hall–Kier alpha value is -0.372. The monoisotopic (exact) mass is 346 g/mol. The predicted molar refractivity (Wildman–Crippen MR) is 40.2 cm³/mol. The molecule has 0 radical (unpaired) electrons. The van der Waals surface area contributed by atoms with Gasteiger partial charge in [0.15, 0.2) is 0 Å². The molecule has 0 amide bonds. The van der Waals surface area contributed by atoms with Gasteiger partial charge in [0.2, 0.25) is 0 Å². The third kappa shape index (κ3) is 16.3.